The number of hydrogen-bond donors (Lipinski definition) is 2. The van der Waals surface area contributed by atoms with E-state index < -0.39 is 0 Å². The van der Waals surface area contributed by atoms with Crippen LogP contribution in [0.25, 0.3) is 0 Å². The minimum Gasteiger partial charge on any atom is -0.486 e. The largest absolute Gasteiger partial charge is 0.486 e. The van der Waals surface area contributed by atoms with Gasteiger partial charge in [0.25, 0.3) is 0 Å². The van der Waals surface area contributed by atoms with Gasteiger partial charge in [-0.3, -0.25) is 0 Å². The van der Waals surface area contributed by atoms with E-state index in [2.05, 4.69) is 10.6 Å². The molecule has 3 rings (SSSR count). The summed E-state index contributed by atoms with van der Waals surface area (Å²) in [5, 5.41) is 6.59. The summed E-state index contributed by atoms with van der Waals surface area (Å²) < 4.78 is 16.0. The quantitative estimate of drug-likeness (QED) is 0.641. The number of hydrogen-bond acceptors (Lipinski definition) is 5. The second kappa shape index (κ2) is 7.85. The van der Waals surface area contributed by atoms with E-state index in [9.17, 15) is 4.79 Å². The zero-order chi connectivity index (χ0) is 17.6. The van der Waals surface area contributed by atoms with Gasteiger partial charge in [0.05, 0.1) is 12.2 Å². The predicted molar refractivity (Wildman–Crippen MR) is 99.7 cm³/mol. The highest BCUT2D eigenvalue weighted by Crippen LogP contribution is 2.32. The molecule has 130 valence electrons. The fourth-order valence-corrected chi connectivity index (χ4v) is 2.55. The van der Waals surface area contributed by atoms with Gasteiger partial charge in [0.2, 0.25) is 0 Å². The first-order chi connectivity index (χ1) is 12.2. The lowest BCUT2D eigenvalue weighted by atomic mass is 10.2. The van der Waals surface area contributed by atoms with Gasteiger partial charge in [-0.05, 0) is 55.5 Å². The Balaban J connectivity index is 1.60. The number of esters is 1. The van der Waals surface area contributed by atoms with Crippen molar-refractivity contribution >= 4 is 34.7 Å². The van der Waals surface area contributed by atoms with E-state index in [0.29, 0.717) is 36.2 Å². The van der Waals surface area contributed by atoms with Gasteiger partial charge in [-0.25, -0.2) is 4.79 Å². The number of fused-ring (bicyclic) bond motifs is 1. The van der Waals surface area contributed by atoms with Crippen LogP contribution in [0.1, 0.15) is 17.3 Å². The topological polar surface area (TPSA) is 68.8 Å². The summed E-state index contributed by atoms with van der Waals surface area (Å²) in [5.41, 5.74) is 2.06. The summed E-state index contributed by atoms with van der Waals surface area (Å²) >= 11 is 5.31. The molecule has 0 bridgehead atoms. The van der Waals surface area contributed by atoms with Gasteiger partial charge >= 0.3 is 5.97 Å². The maximum absolute atomic E-state index is 11.6. The lowest BCUT2D eigenvalue weighted by molar-refractivity contribution is 0.0526. The van der Waals surface area contributed by atoms with Gasteiger partial charge in [0.15, 0.2) is 16.6 Å². The van der Waals surface area contributed by atoms with Gasteiger partial charge < -0.3 is 24.8 Å². The Morgan fingerprint density at radius 2 is 1.68 bits per heavy atom. The molecule has 1 aliphatic heterocycles. The van der Waals surface area contributed by atoms with Crippen LogP contribution in [0.3, 0.4) is 0 Å². The number of carbonyl (C=O) groups excluding carboxylic acids is 1. The second-order valence-electron chi connectivity index (χ2n) is 5.24. The highest BCUT2D eigenvalue weighted by molar-refractivity contribution is 7.80. The molecule has 2 aromatic carbocycles. The Morgan fingerprint density at radius 3 is 2.40 bits per heavy atom. The van der Waals surface area contributed by atoms with Crippen LogP contribution < -0.4 is 20.1 Å². The highest BCUT2D eigenvalue weighted by Gasteiger charge is 2.12. The number of carbonyl (C=O) groups is 1. The van der Waals surface area contributed by atoms with Crippen molar-refractivity contribution in [1.29, 1.82) is 0 Å². The smallest absolute Gasteiger partial charge is 0.338 e. The van der Waals surface area contributed by atoms with E-state index in [4.69, 9.17) is 26.4 Å². The van der Waals surface area contributed by atoms with Crippen LogP contribution in [0.15, 0.2) is 42.5 Å². The van der Waals surface area contributed by atoms with Crippen molar-refractivity contribution in [3.05, 3.63) is 48.0 Å². The first-order valence-corrected chi connectivity index (χ1v) is 8.31. The Hall–Kier alpha value is -2.80. The summed E-state index contributed by atoms with van der Waals surface area (Å²) in [6.45, 7) is 3.21. The van der Waals surface area contributed by atoms with Crippen molar-refractivity contribution < 1.29 is 19.0 Å². The standard InChI is InChI=1S/C18H18N2O4S/c1-2-22-17(21)12-3-5-13(6-4-12)19-18(25)20-14-7-8-15-16(11-14)24-10-9-23-15/h3-8,11H,2,9-10H2,1H3,(H2,19,20,25). The molecule has 6 nitrogen and oxygen atoms in total. The summed E-state index contributed by atoms with van der Waals surface area (Å²) in [6.07, 6.45) is 0. The average Bonchev–Trinajstić information content (AvgIpc) is 2.62. The normalized spacial score (nSPS) is 12.2. The summed E-state index contributed by atoms with van der Waals surface area (Å²) in [5.74, 6) is 1.08. The molecule has 0 saturated heterocycles. The van der Waals surface area contributed by atoms with Crippen LogP contribution in [-0.2, 0) is 4.74 Å². The molecule has 2 N–H and O–H groups in total. The van der Waals surface area contributed by atoms with Gasteiger partial charge in [0.1, 0.15) is 13.2 Å². The average molecular weight is 358 g/mol. The molecule has 1 aliphatic rings. The SMILES string of the molecule is CCOC(=O)c1ccc(NC(=S)Nc2ccc3c(c2)OCCO3)cc1. The fourth-order valence-electron chi connectivity index (χ4n) is 2.32. The number of anilines is 2. The van der Waals surface area contributed by atoms with Crippen LogP contribution in [0, 0.1) is 0 Å². The Kier molecular flexibility index (Phi) is 5.35. The van der Waals surface area contributed by atoms with Crippen molar-refractivity contribution in [3.63, 3.8) is 0 Å². The molecule has 0 unspecified atom stereocenters. The lowest BCUT2D eigenvalue weighted by Crippen LogP contribution is -2.20. The first-order valence-electron chi connectivity index (χ1n) is 7.90. The van der Waals surface area contributed by atoms with Crippen molar-refractivity contribution in [2.75, 3.05) is 30.5 Å². The Morgan fingerprint density at radius 1 is 1.04 bits per heavy atom. The Labute approximate surface area is 151 Å². The molecule has 25 heavy (non-hydrogen) atoms. The third-order valence-electron chi connectivity index (χ3n) is 3.45. The van der Waals surface area contributed by atoms with Gasteiger partial charge in [-0.2, -0.15) is 0 Å². The van der Waals surface area contributed by atoms with E-state index in [1.165, 1.54) is 0 Å². The molecule has 0 fully saturated rings. The molecule has 0 radical (unpaired) electrons. The first kappa shape index (κ1) is 17.0. The van der Waals surface area contributed by atoms with Crippen molar-refractivity contribution in [2.45, 2.75) is 6.92 Å². The minimum absolute atomic E-state index is 0.342. The molecular weight excluding hydrogens is 340 g/mol. The molecular formula is C18H18N2O4S. The van der Waals surface area contributed by atoms with Crippen LogP contribution in [-0.4, -0.2) is 30.9 Å². The lowest BCUT2D eigenvalue weighted by Gasteiger charge is -2.19. The molecule has 0 amide bonds. The molecule has 0 aliphatic carbocycles. The van der Waals surface area contributed by atoms with E-state index in [1.807, 2.05) is 18.2 Å². The fraction of sp³-hybridized carbons (Fsp3) is 0.222. The third kappa shape index (κ3) is 4.39. The molecule has 1 heterocycles. The molecule has 7 heteroatoms. The van der Waals surface area contributed by atoms with E-state index in [-0.39, 0.29) is 5.97 Å². The molecule has 0 saturated carbocycles. The van der Waals surface area contributed by atoms with Gasteiger partial charge in [-0.1, -0.05) is 0 Å². The highest BCUT2D eigenvalue weighted by atomic mass is 32.1. The van der Waals surface area contributed by atoms with Crippen molar-refractivity contribution in [3.8, 4) is 11.5 Å². The summed E-state index contributed by atoms with van der Waals surface area (Å²) in [6, 6.07) is 12.5. The van der Waals surface area contributed by atoms with Crippen LogP contribution in [0.4, 0.5) is 11.4 Å². The monoisotopic (exact) mass is 358 g/mol. The predicted octanol–water partition coefficient (Wildman–Crippen LogP) is 3.44. The van der Waals surface area contributed by atoms with Crippen molar-refractivity contribution in [2.24, 2.45) is 0 Å². The van der Waals surface area contributed by atoms with Crippen LogP contribution in [0.2, 0.25) is 0 Å². The number of rotatable bonds is 4. The van der Waals surface area contributed by atoms with Crippen molar-refractivity contribution in [1.82, 2.24) is 0 Å². The number of nitrogens with one attached hydrogen (secondary N) is 2. The second-order valence-corrected chi connectivity index (χ2v) is 5.64. The Bertz CT molecular complexity index is 777. The third-order valence-corrected chi connectivity index (χ3v) is 3.66. The van der Waals surface area contributed by atoms with Crippen LogP contribution in [0.5, 0.6) is 11.5 Å². The zero-order valence-corrected chi connectivity index (χ0v) is 14.5. The number of ether oxygens (including phenoxy) is 3. The van der Waals surface area contributed by atoms with Gasteiger partial charge in [-0.15, -0.1) is 0 Å². The maximum atomic E-state index is 11.6. The zero-order valence-electron chi connectivity index (χ0n) is 13.7. The molecule has 2 aromatic rings. The number of benzene rings is 2. The molecule has 0 aromatic heterocycles. The summed E-state index contributed by atoms with van der Waals surface area (Å²) in [4.78, 5) is 11.6. The van der Waals surface area contributed by atoms with Crippen LogP contribution >= 0.6 is 12.2 Å². The minimum atomic E-state index is -0.342. The van der Waals surface area contributed by atoms with E-state index >= 15 is 0 Å². The molecule has 0 spiro atoms. The summed E-state index contributed by atoms with van der Waals surface area (Å²) in [7, 11) is 0. The van der Waals surface area contributed by atoms with E-state index in [1.54, 1.807) is 31.2 Å². The maximum Gasteiger partial charge on any atom is 0.338 e. The number of thiocarbonyl (C=S) groups is 1. The molecule has 0 atom stereocenters. The van der Waals surface area contributed by atoms with Gasteiger partial charge in [0, 0.05) is 17.4 Å². The van der Waals surface area contributed by atoms with E-state index in [0.717, 1.165) is 17.1 Å².